The quantitative estimate of drug-likeness (QED) is 0.662. The second-order valence-electron chi connectivity index (χ2n) is 7.08. The third-order valence-corrected chi connectivity index (χ3v) is 3.42. The van der Waals surface area contributed by atoms with E-state index in [4.69, 9.17) is 0 Å². The zero-order valence-electron chi connectivity index (χ0n) is 15.5. The number of pyridine rings is 1. The summed E-state index contributed by atoms with van der Waals surface area (Å²) >= 11 is 0. The van der Waals surface area contributed by atoms with Gasteiger partial charge >= 0.3 is 6.18 Å². The van der Waals surface area contributed by atoms with E-state index in [0.29, 0.717) is 0 Å². The molecule has 6 nitrogen and oxygen atoms in total. The van der Waals surface area contributed by atoms with Gasteiger partial charge in [0.1, 0.15) is 11.4 Å². The van der Waals surface area contributed by atoms with E-state index in [1.165, 1.54) is 12.1 Å². The summed E-state index contributed by atoms with van der Waals surface area (Å²) in [6, 6.07) is 12.8. The number of rotatable bonds is 4. The molecular weight excluding hydrogens is 369 g/mol. The Labute approximate surface area is 160 Å². The van der Waals surface area contributed by atoms with Gasteiger partial charge in [-0.1, -0.05) is 24.3 Å². The molecule has 0 unspecified atom stereocenters. The Morgan fingerprint density at radius 1 is 0.750 bits per heavy atom. The molecule has 0 radical (unpaired) electrons. The molecule has 3 aromatic rings. The van der Waals surface area contributed by atoms with Crippen molar-refractivity contribution in [2.75, 3.05) is 10.6 Å². The highest BCUT2D eigenvalue weighted by Crippen LogP contribution is 2.29. The van der Waals surface area contributed by atoms with Crippen molar-refractivity contribution in [3.63, 3.8) is 0 Å². The number of nitrogens with zero attached hydrogens (tertiary/aromatic N) is 4. The predicted octanol–water partition coefficient (Wildman–Crippen LogP) is 4.91. The van der Waals surface area contributed by atoms with Crippen molar-refractivity contribution in [3.8, 4) is 11.5 Å². The van der Waals surface area contributed by atoms with Crippen LogP contribution < -0.4 is 10.6 Å². The normalized spacial score (nSPS) is 11.9. The molecule has 3 rings (SSSR count). The van der Waals surface area contributed by atoms with Crippen LogP contribution in [0.2, 0.25) is 0 Å². The lowest BCUT2D eigenvalue weighted by molar-refractivity contribution is -0.141. The molecule has 0 fully saturated rings. The first-order valence-corrected chi connectivity index (χ1v) is 8.51. The van der Waals surface area contributed by atoms with E-state index in [-0.39, 0.29) is 29.0 Å². The molecule has 0 spiro atoms. The van der Waals surface area contributed by atoms with Crippen LogP contribution in [-0.2, 0) is 6.18 Å². The number of hydrogen-bond donors (Lipinski definition) is 2. The molecule has 0 aliphatic rings. The molecule has 146 valence electrons. The topological polar surface area (TPSA) is 75.6 Å². The van der Waals surface area contributed by atoms with Crippen molar-refractivity contribution < 1.29 is 13.2 Å². The van der Waals surface area contributed by atoms with Crippen molar-refractivity contribution in [1.82, 2.24) is 19.9 Å². The van der Waals surface area contributed by atoms with Gasteiger partial charge in [0.25, 0.3) is 0 Å². The van der Waals surface area contributed by atoms with Gasteiger partial charge in [0.2, 0.25) is 11.9 Å². The highest BCUT2D eigenvalue weighted by Gasteiger charge is 2.32. The molecule has 2 aromatic heterocycles. The summed E-state index contributed by atoms with van der Waals surface area (Å²) in [4.78, 5) is 16.5. The minimum absolute atomic E-state index is 0.00490. The smallest absolute Gasteiger partial charge is 0.349 e. The summed E-state index contributed by atoms with van der Waals surface area (Å²) in [5.74, 6) is 0.462. The highest BCUT2D eigenvalue weighted by atomic mass is 19.4. The maximum Gasteiger partial charge on any atom is 0.433 e. The van der Waals surface area contributed by atoms with Crippen molar-refractivity contribution in [3.05, 3.63) is 54.2 Å². The summed E-state index contributed by atoms with van der Waals surface area (Å²) in [5.41, 5.74) is -0.624. The number of hydrogen-bond acceptors (Lipinski definition) is 6. The second-order valence-corrected chi connectivity index (χ2v) is 7.08. The SMILES string of the molecule is CC(C)(C)Nc1nc(Nc2ccccc2)nc(-c2cccc(C(F)(F)F)n2)n1. The molecule has 0 saturated heterocycles. The monoisotopic (exact) mass is 388 g/mol. The molecule has 0 aliphatic carbocycles. The average molecular weight is 388 g/mol. The number of aromatic nitrogens is 4. The average Bonchev–Trinajstić information content (AvgIpc) is 2.60. The van der Waals surface area contributed by atoms with Crippen LogP contribution >= 0.6 is 0 Å². The fraction of sp³-hybridized carbons (Fsp3) is 0.263. The Kier molecular flexibility index (Phi) is 5.17. The maximum absolute atomic E-state index is 13.0. The molecule has 28 heavy (non-hydrogen) atoms. The Morgan fingerprint density at radius 2 is 1.43 bits per heavy atom. The largest absolute Gasteiger partial charge is 0.433 e. The molecule has 0 saturated carbocycles. The van der Waals surface area contributed by atoms with Crippen LogP contribution in [0.5, 0.6) is 0 Å². The second kappa shape index (κ2) is 7.41. The third kappa shape index (κ3) is 5.15. The lowest BCUT2D eigenvalue weighted by atomic mass is 10.1. The van der Waals surface area contributed by atoms with Crippen LogP contribution in [0.4, 0.5) is 30.8 Å². The molecule has 2 N–H and O–H groups in total. The number of anilines is 3. The van der Waals surface area contributed by atoms with Crippen LogP contribution in [0.25, 0.3) is 11.5 Å². The van der Waals surface area contributed by atoms with Gasteiger partial charge in [-0.05, 0) is 45.0 Å². The molecule has 1 aromatic carbocycles. The van der Waals surface area contributed by atoms with E-state index in [1.807, 2.05) is 51.1 Å². The van der Waals surface area contributed by atoms with Gasteiger partial charge in [0.15, 0.2) is 5.82 Å². The summed E-state index contributed by atoms with van der Waals surface area (Å²) < 4.78 is 39.0. The van der Waals surface area contributed by atoms with Gasteiger partial charge in [-0.3, -0.25) is 0 Å². The molecule has 2 heterocycles. The van der Waals surface area contributed by atoms with Gasteiger partial charge in [-0.2, -0.15) is 28.1 Å². The zero-order chi connectivity index (χ0) is 20.4. The summed E-state index contributed by atoms with van der Waals surface area (Å²) in [5, 5.41) is 6.14. The number of alkyl halides is 3. The van der Waals surface area contributed by atoms with E-state index in [1.54, 1.807) is 0 Å². The fourth-order valence-corrected chi connectivity index (χ4v) is 2.31. The Hall–Kier alpha value is -3.23. The zero-order valence-corrected chi connectivity index (χ0v) is 15.5. The van der Waals surface area contributed by atoms with E-state index in [9.17, 15) is 13.2 Å². The number of halogens is 3. The Bertz CT molecular complexity index is 952. The first kappa shape index (κ1) is 19.5. The number of nitrogens with one attached hydrogen (secondary N) is 2. The molecule has 0 bridgehead atoms. The van der Waals surface area contributed by atoms with Crippen molar-refractivity contribution in [2.45, 2.75) is 32.5 Å². The van der Waals surface area contributed by atoms with Gasteiger partial charge in [0, 0.05) is 11.2 Å². The minimum Gasteiger partial charge on any atom is -0.349 e. The van der Waals surface area contributed by atoms with E-state index in [2.05, 4.69) is 30.6 Å². The molecule has 9 heteroatoms. The highest BCUT2D eigenvalue weighted by molar-refractivity contribution is 5.59. The Balaban J connectivity index is 2.04. The number of para-hydroxylation sites is 1. The molecule has 0 aliphatic heterocycles. The van der Waals surface area contributed by atoms with Crippen LogP contribution in [0.3, 0.4) is 0 Å². The van der Waals surface area contributed by atoms with Crippen LogP contribution in [-0.4, -0.2) is 25.5 Å². The minimum atomic E-state index is -4.55. The van der Waals surface area contributed by atoms with E-state index in [0.717, 1.165) is 11.8 Å². The first-order valence-electron chi connectivity index (χ1n) is 8.51. The first-order chi connectivity index (χ1) is 13.1. The van der Waals surface area contributed by atoms with Gasteiger partial charge in [-0.25, -0.2) is 4.98 Å². The lowest BCUT2D eigenvalue weighted by Crippen LogP contribution is -2.27. The summed E-state index contributed by atoms with van der Waals surface area (Å²) in [6.07, 6.45) is -4.55. The Morgan fingerprint density at radius 3 is 2.07 bits per heavy atom. The summed E-state index contributed by atoms with van der Waals surface area (Å²) in [7, 11) is 0. The predicted molar refractivity (Wildman–Crippen MR) is 101 cm³/mol. The van der Waals surface area contributed by atoms with Crippen molar-refractivity contribution >= 4 is 17.6 Å². The molecule has 0 atom stereocenters. The number of benzene rings is 1. The van der Waals surface area contributed by atoms with Gasteiger partial charge in [0.05, 0.1) is 0 Å². The maximum atomic E-state index is 13.0. The standard InChI is InChI=1S/C19H19F3N6/c1-18(2,3)28-17-26-15(13-10-7-11-14(24-13)19(20,21)22)25-16(27-17)23-12-8-5-4-6-9-12/h4-11H,1-3H3,(H2,23,25,26,27,28). The van der Waals surface area contributed by atoms with E-state index < -0.39 is 11.9 Å². The van der Waals surface area contributed by atoms with E-state index >= 15 is 0 Å². The van der Waals surface area contributed by atoms with Crippen LogP contribution in [0, 0.1) is 0 Å². The fourth-order valence-electron chi connectivity index (χ4n) is 2.31. The van der Waals surface area contributed by atoms with Gasteiger partial charge in [-0.15, -0.1) is 0 Å². The van der Waals surface area contributed by atoms with Crippen LogP contribution in [0.15, 0.2) is 48.5 Å². The van der Waals surface area contributed by atoms with Gasteiger partial charge < -0.3 is 10.6 Å². The van der Waals surface area contributed by atoms with Crippen molar-refractivity contribution in [2.24, 2.45) is 0 Å². The summed E-state index contributed by atoms with van der Waals surface area (Å²) in [6.45, 7) is 5.76. The van der Waals surface area contributed by atoms with Crippen LogP contribution in [0.1, 0.15) is 26.5 Å². The van der Waals surface area contributed by atoms with Crippen molar-refractivity contribution in [1.29, 1.82) is 0 Å². The molecule has 0 amide bonds. The molecular formula is C19H19F3N6. The lowest BCUT2D eigenvalue weighted by Gasteiger charge is -2.21. The third-order valence-electron chi connectivity index (χ3n) is 3.42.